The fourth-order valence-electron chi connectivity index (χ4n) is 0.581. The van der Waals surface area contributed by atoms with Crippen LogP contribution >= 0.6 is 0 Å². The third kappa shape index (κ3) is 2.18. The summed E-state index contributed by atoms with van der Waals surface area (Å²) in [6.07, 6.45) is 13.4. The van der Waals surface area contributed by atoms with Crippen molar-refractivity contribution in [3.63, 3.8) is 0 Å². The standard InChI is InChI=1S/C8H7B/c9-8-6-4-2-1-3-5-7-8/h1-7H. The largest absolute Gasteiger partial charge is 0.113 e. The molecule has 2 radical (unpaired) electrons. The van der Waals surface area contributed by atoms with Crippen LogP contribution in [0.2, 0.25) is 0 Å². The Kier molecular flexibility index (Phi) is 2.14. The van der Waals surface area contributed by atoms with Gasteiger partial charge in [-0.3, -0.25) is 0 Å². The van der Waals surface area contributed by atoms with Gasteiger partial charge >= 0.3 is 0 Å². The van der Waals surface area contributed by atoms with E-state index in [2.05, 4.69) is 0 Å². The van der Waals surface area contributed by atoms with Crippen molar-refractivity contribution >= 4 is 7.85 Å². The lowest BCUT2D eigenvalue weighted by atomic mass is 9.94. The Hall–Kier alpha value is -0.975. The van der Waals surface area contributed by atoms with Crippen molar-refractivity contribution in [3.8, 4) is 0 Å². The predicted octanol–water partition coefficient (Wildman–Crippen LogP) is 1.72. The molecular formula is C8H7B. The van der Waals surface area contributed by atoms with E-state index in [1.165, 1.54) is 0 Å². The highest BCUT2D eigenvalue weighted by Crippen LogP contribution is 1.95. The quantitative estimate of drug-likeness (QED) is 0.420. The van der Waals surface area contributed by atoms with E-state index in [-0.39, 0.29) is 0 Å². The number of rotatable bonds is 0. The Morgan fingerprint density at radius 2 is 1.56 bits per heavy atom. The predicted molar refractivity (Wildman–Crippen MR) is 41.3 cm³/mol. The van der Waals surface area contributed by atoms with Crippen molar-refractivity contribution in [2.45, 2.75) is 0 Å². The van der Waals surface area contributed by atoms with E-state index >= 15 is 0 Å². The molecule has 9 heavy (non-hydrogen) atoms. The molecule has 0 unspecified atom stereocenters. The third-order valence-corrected chi connectivity index (χ3v) is 1.02. The Morgan fingerprint density at radius 3 is 2.44 bits per heavy atom. The summed E-state index contributed by atoms with van der Waals surface area (Å²) >= 11 is 0. The first-order chi connectivity index (χ1) is 4.39. The molecule has 0 spiro atoms. The van der Waals surface area contributed by atoms with Crippen LogP contribution in [0.5, 0.6) is 0 Å². The minimum atomic E-state index is 0.788. The van der Waals surface area contributed by atoms with Crippen LogP contribution in [0.25, 0.3) is 0 Å². The monoisotopic (exact) mass is 114 g/mol. The lowest BCUT2D eigenvalue weighted by Crippen LogP contribution is -1.73. The lowest BCUT2D eigenvalue weighted by Gasteiger charge is -1.88. The van der Waals surface area contributed by atoms with Crippen molar-refractivity contribution in [1.29, 1.82) is 0 Å². The highest BCUT2D eigenvalue weighted by molar-refractivity contribution is 6.23. The van der Waals surface area contributed by atoms with Gasteiger partial charge < -0.3 is 0 Å². The highest BCUT2D eigenvalue weighted by Gasteiger charge is 1.76. The second-order valence-corrected chi connectivity index (χ2v) is 1.80. The van der Waals surface area contributed by atoms with Gasteiger partial charge in [0.1, 0.15) is 7.85 Å². The number of allylic oxidation sites excluding steroid dienone is 8. The van der Waals surface area contributed by atoms with Gasteiger partial charge in [0.2, 0.25) is 0 Å². The molecule has 0 fully saturated rings. The van der Waals surface area contributed by atoms with E-state index in [4.69, 9.17) is 7.85 Å². The average Bonchev–Trinajstić information content (AvgIpc) is 1.79. The van der Waals surface area contributed by atoms with Gasteiger partial charge in [0.15, 0.2) is 0 Å². The number of hydrogen-bond acceptors (Lipinski definition) is 0. The Labute approximate surface area is 56.7 Å². The van der Waals surface area contributed by atoms with Crippen LogP contribution in [0.3, 0.4) is 0 Å². The molecule has 0 saturated carbocycles. The molecule has 0 aromatic rings. The molecule has 0 aromatic carbocycles. The second-order valence-electron chi connectivity index (χ2n) is 1.80. The average molecular weight is 114 g/mol. The van der Waals surface area contributed by atoms with Crippen LogP contribution in [-0.2, 0) is 0 Å². The van der Waals surface area contributed by atoms with Crippen molar-refractivity contribution in [1.82, 2.24) is 0 Å². The van der Waals surface area contributed by atoms with Crippen LogP contribution in [0.1, 0.15) is 0 Å². The summed E-state index contributed by atoms with van der Waals surface area (Å²) in [5.74, 6) is 0. The van der Waals surface area contributed by atoms with E-state index in [9.17, 15) is 0 Å². The molecule has 0 nitrogen and oxygen atoms in total. The Bertz CT molecular complexity index is 195. The molecule has 0 N–H and O–H groups in total. The zero-order valence-corrected chi connectivity index (χ0v) is 5.12. The minimum Gasteiger partial charge on any atom is -0.0967 e. The Morgan fingerprint density at radius 1 is 0.889 bits per heavy atom. The fraction of sp³-hybridized carbons (Fsp3) is 0. The number of hydrogen-bond donors (Lipinski definition) is 0. The molecular weight excluding hydrogens is 107 g/mol. The van der Waals surface area contributed by atoms with Crippen LogP contribution in [-0.4, -0.2) is 7.85 Å². The van der Waals surface area contributed by atoms with Crippen molar-refractivity contribution < 1.29 is 0 Å². The first-order valence-corrected chi connectivity index (χ1v) is 2.87. The third-order valence-electron chi connectivity index (χ3n) is 1.02. The van der Waals surface area contributed by atoms with Crippen LogP contribution in [0, 0.1) is 0 Å². The zero-order valence-electron chi connectivity index (χ0n) is 5.12. The molecule has 0 saturated heterocycles. The van der Waals surface area contributed by atoms with E-state index < -0.39 is 0 Å². The maximum Gasteiger partial charge on any atom is 0.113 e. The summed E-state index contributed by atoms with van der Waals surface area (Å²) in [5, 5.41) is 0. The molecule has 0 atom stereocenters. The van der Waals surface area contributed by atoms with Crippen LogP contribution < -0.4 is 0 Å². The molecule has 42 valence electrons. The molecule has 1 aliphatic carbocycles. The summed E-state index contributed by atoms with van der Waals surface area (Å²) in [6, 6.07) is 0. The molecule has 0 bridgehead atoms. The summed E-state index contributed by atoms with van der Waals surface area (Å²) in [6.45, 7) is 0. The van der Waals surface area contributed by atoms with Gasteiger partial charge in [0.05, 0.1) is 0 Å². The van der Waals surface area contributed by atoms with Gasteiger partial charge in [-0.2, -0.15) is 0 Å². The van der Waals surface area contributed by atoms with E-state index in [0.29, 0.717) is 0 Å². The summed E-state index contributed by atoms with van der Waals surface area (Å²) in [7, 11) is 5.49. The minimum absolute atomic E-state index is 0.788. The molecule has 1 aliphatic rings. The van der Waals surface area contributed by atoms with Gasteiger partial charge in [-0.05, 0) is 0 Å². The van der Waals surface area contributed by atoms with Crippen LogP contribution in [0.4, 0.5) is 0 Å². The van der Waals surface area contributed by atoms with E-state index in [0.717, 1.165) is 5.47 Å². The maximum atomic E-state index is 5.49. The molecule has 1 heteroatoms. The van der Waals surface area contributed by atoms with Gasteiger partial charge in [-0.1, -0.05) is 48.0 Å². The normalized spacial score (nSPS) is 16.7. The fourth-order valence-corrected chi connectivity index (χ4v) is 0.581. The first kappa shape index (κ1) is 6.15. The van der Waals surface area contributed by atoms with E-state index in [1.54, 1.807) is 0 Å². The molecule has 0 heterocycles. The van der Waals surface area contributed by atoms with Crippen molar-refractivity contribution in [3.05, 3.63) is 48.0 Å². The summed E-state index contributed by atoms with van der Waals surface area (Å²) < 4.78 is 0. The lowest BCUT2D eigenvalue weighted by molar-refractivity contribution is 1.77. The van der Waals surface area contributed by atoms with E-state index in [1.807, 2.05) is 42.5 Å². The Balaban J connectivity index is 2.77. The van der Waals surface area contributed by atoms with Gasteiger partial charge in [-0.25, -0.2) is 0 Å². The first-order valence-electron chi connectivity index (χ1n) is 2.87. The molecule has 0 aromatic heterocycles. The van der Waals surface area contributed by atoms with Gasteiger partial charge in [0, 0.05) is 0 Å². The van der Waals surface area contributed by atoms with Crippen molar-refractivity contribution in [2.75, 3.05) is 0 Å². The smallest absolute Gasteiger partial charge is 0.0967 e. The summed E-state index contributed by atoms with van der Waals surface area (Å²) in [5.41, 5.74) is 0.788. The maximum absolute atomic E-state index is 5.49. The second kappa shape index (κ2) is 3.13. The summed E-state index contributed by atoms with van der Waals surface area (Å²) in [4.78, 5) is 0. The van der Waals surface area contributed by atoms with Gasteiger partial charge in [0.25, 0.3) is 0 Å². The molecule has 1 rings (SSSR count). The SMILES string of the molecule is [B]C1=CC=CC=CC=C1. The highest BCUT2D eigenvalue weighted by atomic mass is 13.8. The van der Waals surface area contributed by atoms with Crippen LogP contribution in [0.15, 0.2) is 48.0 Å². The topological polar surface area (TPSA) is 0 Å². The van der Waals surface area contributed by atoms with Crippen molar-refractivity contribution in [2.24, 2.45) is 0 Å². The zero-order chi connectivity index (χ0) is 6.53. The van der Waals surface area contributed by atoms with Gasteiger partial charge in [-0.15, -0.1) is 0 Å². The molecule has 0 amide bonds. The molecule has 0 aliphatic heterocycles.